The van der Waals surface area contributed by atoms with E-state index in [4.69, 9.17) is 0 Å². The van der Waals surface area contributed by atoms with Crippen LogP contribution in [0.5, 0.6) is 0 Å². The fraction of sp³-hybridized carbons (Fsp3) is 0.400. The highest BCUT2D eigenvalue weighted by molar-refractivity contribution is 7.89. The first-order valence-corrected chi connectivity index (χ1v) is 10.6. The summed E-state index contributed by atoms with van der Waals surface area (Å²) in [6.45, 7) is 2.01. The monoisotopic (exact) mass is 374 g/mol. The van der Waals surface area contributed by atoms with E-state index in [1.54, 1.807) is 12.1 Å². The number of aliphatic hydroxyl groups is 1. The molecule has 1 aliphatic heterocycles. The zero-order chi connectivity index (χ0) is 18.4. The minimum absolute atomic E-state index is 0.133. The number of hydrogen-bond acceptors (Lipinski definition) is 4. The van der Waals surface area contributed by atoms with Crippen molar-refractivity contribution in [3.8, 4) is 11.1 Å². The second kappa shape index (κ2) is 8.77. The summed E-state index contributed by atoms with van der Waals surface area (Å²) >= 11 is 0. The zero-order valence-corrected chi connectivity index (χ0v) is 15.7. The first-order valence-electron chi connectivity index (χ1n) is 9.10. The van der Waals surface area contributed by atoms with E-state index in [0.717, 1.165) is 36.9 Å². The average molecular weight is 375 g/mol. The van der Waals surface area contributed by atoms with Crippen molar-refractivity contribution in [3.63, 3.8) is 0 Å². The average Bonchev–Trinajstić information content (AvgIpc) is 2.69. The van der Waals surface area contributed by atoms with Crippen LogP contribution in [0.4, 0.5) is 0 Å². The fourth-order valence-electron chi connectivity index (χ4n) is 3.43. The molecular weight excluding hydrogens is 348 g/mol. The van der Waals surface area contributed by atoms with Gasteiger partial charge < -0.3 is 5.11 Å². The molecule has 6 heteroatoms. The van der Waals surface area contributed by atoms with Crippen LogP contribution in [0.15, 0.2) is 59.5 Å². The van der Waals surface area contributed by atoms with Gasteiger partial charge in [0.15, 0.2) is 0 Å². The van der Waals surface area contributed by atoms with Gasteiger partial charge in [-0.1, -0.05) is 48.9 Å². The van der Waals surface area contributed by atoms with Crippen LogP contribution in [0.3, 0.4) is 0 Å². The van der Waals surface area contributed by atoms with Gasteiger partial charge in [0.1, 0.15) is 0 Å². The predicted octanol–water partition coefficient (Wildman–Crippen LogP) is 2.48. The van der Waals surface area contributed by atoms with Crippen molar-refractivity contribution in [2.75, 3.05) is 26.2 Å². The SMILES string of the molecule is O=S(=O)(NCCN1CCCC[C@H]1CO)c1ccc(-c2ccccc2)cc1. The maximum atomic E-state index is 12.5. The summed E-state index contributed by atoms with van der Waals surface area (Å²) in [4.78, 5) is 2.44. The molecular formula is C20H26N2O3S. The number of hydrogen-bond donors (Lipinski definition) is 2. The zero-order valence-electron chi connectivity index (χ0n) is 14.8. The highest BCUT2D eigenvalue weighted by Crippen LogP contribution is 2.21. The van der Waals surface area contributed by atoms with Crippen molar-refractivity contribution >= 4 is 10.0 Å². The Morgan fingerprint density at radius 2 is 1.69 bits per heavy atom. The van der Waals surface area contributed by atoms with Crippen LogP contribution in [0.2, 0.25) is 0 Å². The summed E-state index contributed by atoms with van der Waals surface area (Å²) in [5, 5.41) is 9.44. The molecule has 26 heavy (non-hydrogen) atoms. The summed E-state index contributed by atoms with van der Waals surface area (Å²) in [7, 11) is -3.52. The molecule has 0 spiro atoms. The molecule has 2 aromatic carbocycles. The van der Waals surface area contributed by atoms with Gasteiger partial charge in [0.2, 0.25) is 10.0 Å². The predicted molar refractivity (Wildman–Crippen MR) is 103 cm³/mol. The number of aliphatic hydroxyl groups excluding tert-OH is 1. The van der Waals surface area contributed by atoms with Crippen molar-refractivity contribution in [2.24, 2.45) is 0 Å². The Balaban J connectivity index is 1.59. The lowest BCUT2D eigenvalue weighted by Gasteiger charge is -2.34. The quantitative estimate of drug-likeness (QED) is 0.781. The van der Waals surface area contributed by atoms with E-state index in [1.165, 1.54) is 0 Å². The summed E-state index contributed by atoms with van der Waals surface area (Å²) in [5.41, 5.74) is 2.05. The molecule has 1 heterocycles. The highest BCUT2D eigenvalue weighted by atomic mass is 32.2. The van der Waals surface area contributed by atoms with Gasteiger partial charge in [-0.2, -0.15) is 0 Å². The Bertz CT molecular complexity index is 792. The molecule has 2 aromatic rings. The normalized spacial score (nSPS) is 18.7. The van der Waals surface area contributed by atoms with E-state index in [9.17, 15) is 13.5 Å². The molecule has 0 amide bonds. The molecule has 3 rings (SSSR count). The van der Waals surface area contributed by atoms with E-state index in [0.29, 0.717) is 13.1 Å². The molecule has 5 nitrogen and oxygen atoms in total. The standard InChI is InChI=1S/C20H26N2O3S/c23-16-19-8-4-5-14-22(19)15-13-21-26(24,25)20-11-9-18(10-12-20)17-6-2-1-3-7-17/h1-3,6-7,9-12,19,21,23H,4-5,8,13-16H2/t19-/m0/s1. The number of nitrogens with zero attached hydrogens (tertiary/aromatic N) is 1. The Morgan fingerprint density at radius 1 is 1.00 bits per heavy atom. The van der Waals surface area contributed by atoms with Gasteiger partial charge in [0.05, 0.1) is 11.5 Å². The molecule has 0 saturated carbocycles. The third-order valence-electron chi connectivity index (χ3n) is 4.92. The fourth-order valence-corrected chi connectivity index (χ4v) is 4.45. The van der Waals surface area contributed by atoms with Gasteiger partial charge in [0, 0.05) is 19.1 Å². The molecule has 0 aromatic heterocycles. The smallest absolute Gasteiger partial charge is 0.240 e. The van der Waals surface area contributed by atoms with Crippen LogP contribution < -0.4 is 4.72 Å². The van der Waals surface area contributed by atoms with Crippen LogP contribution in [0.25, 0.3) is 11.1 Å². The van der Waals surface area contributed by atoms with Crippen molar-refractivity contribution in [1.82, 2.24) is 9.62 Å². The van der Waals surface area contributed by atoms with Gasteiger partial charge in [-0.25, -0.2) is 13.1 Å². The molecule has 0 radical (unpaired) electrons. The highest BCUT2D eigenvalue weighted by Gasteiger charge is 2.22. The first-order chi connectivity index (χ1) is 12.6. The van der Waals surface area contributed by atoms with Crippen LogP contribution >= 0.6 is 0 Å². The summed E-state index contributed by atoms with van der Waals surface area (Å²) < 4.78 is 27.7. The molecule has 2 N–H and O–H groups in total. The van der Waals surface area contributed by atoms with Gasteiger partial charge in [-0.05, 0) is 42.6 Å². The number of benzene rings is 2. The molecule has 0 bridgehead atoms. The van der Waals surface area contributed by atoms with Gasteiger partial charge in [-0.3, -0.25) is 4.90 Å². The number of nitrogens with one attached hydrogen (secondary N) is 1. The Hall–Kier alpha value is -1.73. The summed E-state index contributed by atoms with van der Waals surface area (Å²) in [6, 6.07) is 17.0. The van der Waals surface area contributed by atoms with Gasteiger partial charge >= 0.3 is 0 Å². The second-order valence-corrected chi connectivity index (χ2v) is 8.42. The lowest BCUT2D eigenvalue weighted by atomic mass is 10.0. The molecule has 0 unspecified atom stereocenters. The van der Waals surface area contributed by atoms with Crippen molar-refractivity contribution in [2.45, 2.75) is 30.2 Å². The molecule has 0 aliphatic carbocycles. The minimum Gasteiger partial charge on any atom is -0.395 e. The van der Waals surface area contributed by atoms with Crippen LogP contribution in [0.1, 0.15) is 19.3 Å². The van der Waals surface area contributed by atoms with E-state index in [-0.39, 0.29) is 17.5 Å². The van der Waals surface area contributed by atoms with Crippen molar-refractivity contribution in [3.05, 3.63) is 54.6 Å². The number of sulfonamides is 1. The van der Waals surface area contributed by atoms with Crippen molar-refractivity contribution < 1.29 is 13.5 Å². The Labute approximate surface area is 155 Å². The third-order valence-corrected chi connectivity index (χ3v) is 6.40. The van der Waals surface area contributed by atoms with Crippen LogP contribution in [0, 0.1) is 0 Å². The molecule has 1 aliphatic rings. The number of likely N-dealkylation sites (tertiary alicyclic amines) is 1. The van der Waals surface area contributed by atoms with E-state index in [2.05, 4.69) is 9.62 Å². The molecule has 1 saturated heterocycles. The first kappa shape index (κ1) is 19.0. The topological polar surface area (TPSA) is 69.6 Å². The third kappa shape index (κ3) is 4.71. The van der Waals surface area contributed by atoms with Gasteiger partial charge in [0.25, 0.3) is 0 Å². The van der Waals surface area contributed by atoms with E-state index < -0.39 is 10.0 Å². The van der Waals surface area contributed by atoms with Crippen LogP contribution in [-0.2, 0) is 10.0 Å². The molecule has 1 fully saturated rings. The number of piperidine rings is 1. The minimum atomic E-state index is -3.52. The van der Waals surface area contributed by atoms with Gasteiger partial charge in [-0.15, -0.1) is 0 Å². The maximum Gasteiger partial charge on any atom is 0.240 e. The lowest BCUT2D eigenvalue weighted by Crippen LogP contribution is -2.45. The van der Waals surface area contributed by atoms with Crippen molar-refractivity contribution in [1.29, 1.82) is 0 Å². The molecule has 1 atom stereocenters. The van der Waals surface area contributed by atoms with Crippen LogP contribution in [-0.4, -0.2) is 50.7 Å². The largest absolute Gasteiger partial charge is 0.395 e. The summed E-state index contributed by atoms with van der Waals surface area (Å²) in [5.74, 6) is 0. The second-order valence-electron chi connectivity index (χ2n) is 6.66. The lowest BCUT2D eigenvalue weighted by molar-refractivity contribution is 0.0923. The number of rotatable bonds is 7. The molecule has 140 valence electrons. The Morgan fingerprint density at radius 3 is 2.38 bits per heavy atom. The maximum absolute atomic E-state index is 12.5. The van der Waals surface area contributed by atoms with E-state index >= 15 is 0 Å². The summed E-state index contributed by atoms with van der Waals surface area (Å²) in [6.07, 6.45) is 3.20. The van der Waals surface area contributed by atoms with E-state index in [1.807, 2.05) is 42.5 Å². The Kier molecular flexibility index (Phi) is 6.43.